The summed E-state index contributed by atoms with van der Waals surface area (Å²) in [6, 6.07) is 78.5. The summed E-state index contributed by atoms with van der Waals surface area (Å²) in [4.78, 5) is 6.95. The first-order chi connectivity index (χ1) is 29.3. The lowest BCUT2D eigenvalue weighted by Gasteiger charge is -2.33. The molecule has 0 aliphatic rings. The Kier molecular flexibility index (Phi) is 8.41. The largest absolute Gasteiger partial charge is 0.456 e. The van der Waals surface area contributed by atoms with Crippen LogP contribution in [0.2, 0.25) is 0 Å². The van der Waals surface area contributed by atoms with E-state index in [0.717, 1.165) is 95.1 Å². The molecular weight excluding hydrogens is 723 g/mol. The Morgan fingerprint density at radius 2 is 0.576 bits per heavy atom. The summed E-state index contributed by atoms with van der Waals surface area (Å²) in [7, 11) is 0. The third-order valence-electron chi connectivity index (χ3n) is 11.0. The summed E-state index contributed by atoms with van der Waals surface area (Å²) in [5, 5.41) is 4.27. The van der Waals surface area contributed by atoms with Crippen molar-refractivity contribution >= 4 is 95.1 Å². The Morgan fingerprint density at radius 3 is 1.12 bits per heavy atom. The van der Waals surface area contributed by atoms with E-state index in [-0.39, 0.29) is 0 Å². The van der Waals surface area contributed by atoms with Gasteiger partial charge in [0.05, 0.1) is 11.4 Å². The average Bonchev–Trinajstić information content (AvgIpc) is 3.86. The molecule has 2 heterocycles. The van der Waals surface area contributed by atoms with E-state index in [1.807, 2.05) is 18.2 Å². The summed E-state index contributed by atoms with van der Waals surface area (Å²) in [5.74, 6) is 0. The van der Waals surface area contributed by atoms with Gasteiger partial charge in [0.15, 0.2) is 0 Å². The summed E-state index contributed by atoms with van der Waals surface area (Å²) in [6.45, 7) is 0. The molecule has 9 aromatic carbocycles. The lowest BCUT2D eigenvalue weighted by atomic mass is 10.1. The fraction of sp³-hybridized carbons (Fsp3) is 0. The molecule has 0 atom stereocenters. The second-order valence-corrected chi connectivity index (χ2v) is 14.6. The highest BCUT2D eigenvalue weighted by Crippen LogP contribution is 2.47. The lowest BCUT2D eigenvalue weighted by Crippen LogP contribution is -2.16. The first-order valence-corrected chi connectivity index (χ1v) is 19.8. The normalized spacial score (nSPS) is 11.4. The number of hydrogen-bond donors (Lipinski definition) is 0. The molecule has 0 saturated heterocycles. The van der Waals surface area contributed by atoms with Crippen LogP contribution >= 0.6 is 0 Å². The van der Waals surface area contributed by atoms with E-state index in [1.54, 1.807) is 0 Å². The topological polar surface area (TPSA) is 36.0 Å². The van der Waals surface area contributed by atoms with Gasteiger partial charge in [-0.2, -0.15) is 0 Å². The van der Waals surface area contributed by atoms with Gasteiger partial charge >= 0.3 is 0 Å². The number of para-hydroxylation sites is 7. The average molecular weight is 760 g/mol. The van der Waals surface area contributed by atoms with Gasteiger partial charge in [-0.25, -0.2) is 0 Å². The van der Waals surface area contributed by atoms with Crippen LogP contribution in [-0.4, -0.2) is 0 Å². The Bertz CT molecular complexity index is 3190. The summed E-state index contributed by atoms with van der Waals surface area (Å²) in [5.41, 5.74) is 12.7. The van der Waals surface area contributed by atoms with E-state index in [1.165, 1.54) is 0 Å². The highest BCUT2D eigenvalue weighted by atomic mass is 16.3. The molecular formula is C54H37N3O2. The maximum absolute atomic E-state index is 6.55. The molecule has 0 unspecified atom stereocenters. The fourth-order valence-electron chi connectivity index (χ4n) is 8.34. The van der Waals surface area contributed by atoms with Gasteiger partial charge < -0.3 is 23.5 Å². The van der Waals surface area contributed by atoms with E-state index < -0.39 is 0 Å². The van der Waals surface area contributed by atoms with Gasteiger partial charge in [-0.05, 0) is 115 Å². The van der Waals surface area contributed by atoms with Crippen molar-refractivity contribution in [3.8, 4) is 0 Å². The molecule has 0 fully saturated rings. The zero-order valence-electron chi connectivity index (χ0n) is 32.0. The first-order valence-electron chi connectivity index (χ1n) is 19.8. The molecule has 2 aromatic heterocycles. The van der Waals surface area contributed by atoms with Gasteiger partial charge in [0.25, 0.3) is 0 Å². The van der Waals surface area contributed by atoms with E-state index >= 15 is 0 Å². The SMILES string of the molecule is c1ccc(N(c2ccc3c(c2)oc2ccccc23)c2ccc3oc4ccc(N(c5ccccc5)c5ccccc5N(c5ccccc5)c5ccccc5)cc4c3c2)cc1. The van der Waals surface area contributed by atoms with Crippen molar-refractivity contribution in [1.29, 1.82) is 0 Å². The molecule has 11 rings (SSSR count). The Labute approximate surface area is 341 Å². The Balaban J connectivity index is 1.08. The molecule has 0 saturated carbocycles. The van der Waals surface area contributed by atoms with Crippen molar-refractivity contribution in [3.05, 3.63) is 224 Å². The van der Waals surface area contributed by atoms with Crippen molar-refractivity contribution in [2.75, 3.05) is 14.7 Å². The highest BCUT2D eigenvalue weighted by molar-refractivity contribution is 6.09. The van der Waals surface area contributed by atoms with Crippen LogP contribution in [0.25, 0.3) is 43.9 Å². The molecule has 59 heavy (non-hydrogen) atoms. The molecule has 0 bridgehead atoms. The molecule has 0 amide bonds. The van der Waals surface area contributed by atoms with E-state index in [9.17, 15) is 0 Å². The minimum atomic E-state index is 0.826. The Hall–Kier alpha value is -8.02. The summed E-state index contributed by atoms with van der Waals surface area (Å²) < 4.78 is 12.9. The first kappa shape index (κ1) is 34.2. The summed E-state index contributed by atoms with van der Waals surface area (Å²) in [6.07, 6.45) is 0. The molecule has 0 aliphatic carbocycles. The van der Waals surface area contributed by atoms with E-state index in [4.69, 9.17) is 8.83 Å². The van der Waals surface area contributed by atoms with Gasteiger partial charge in [0.2, 0.25) is 0 Å². The zero-order valence-corrected chi connectivity index (χ0v) is 32.0. The van der Waals surface area contributed by atoms with Crippen molar-refractivity contribution in [2.24, 2.45) is 0 Å². The number of furan rings is 2. The maximum atomic E-state index is 6.55. The van der Waals surface area contributed by atoms with E-state index in [0.29, 0.717) is 0 Å². The van der Waals surface area contributed by atoms with Crippen LogP contribution in [0.3, 0.4) is 0 Å². The van der Waals surface area contributed by atoms with Gasteiger partial charge in [-0.15, -0.1) is 0 Å². The van der Waals surface area contributed by atoms with Crippen LogP contribution < -0.4 is 14.7 Å². The van der Waals surface area contributed by atoms with Crippen molar-refractivity contribution in [1.82, 2.24) is 0 Å². The van der Waals surface area contributed by atoms with Crippen LogP contribution in [-0.2, 0) is 0 Å². The summed E-state index contributed by atoms with van der Waals surface area (Å²) >= 11 is 0. The predicted octanol–water partition coefficient (Wildman–Crippen LogP) is 15.9. The second kappa shape index (κ2) is 14.5. The number of rotatable bonds is 9. The lowest BCUT2D eigenvalue weighted by molar-refractivity contribution is 0.668. The van der Waals surface area contributed by atoms with Crippen LogP contribution in [0, 0.1) is 0 Å². The van der Waals surface area contributed by atoms with Crippen molar-refractivity contribution in [3.63, 3.8) is 0 Å². The number of nitrogens with zero attached hydrogens (tertiary/aromatic N) is 3. The molecule has 0 spiro atoms. The van der Waals surface area contributed by atoms with E-state index in [2.05, 4.69) is 221 Å². The monoisotopic (exact) mass is 759 g/mol. The third kappa shape index (κ3) is 6.13. The molecule has 0 radical (unpaired) electrons. The van der Waals surface area contributed by atoms with Crippen LogP contribution in [0.1, 0.15) is 0 Å². The number of hydrogen-bond acceptors (Lipinski definition) is 5. The van der Waals surface area contributed by atoms with Crippen LogP contribution in [0.15, 0.2) is 233 Å². The second-order valence-electron chi connectivity index (χ2n) is 14.6. The fourth-order valence-corrected chi connectivity index (χ4v) is 8.34. The number of benzene rings is 9. The molecule has 5 nitrogen and oxygen atoms in total. The molecule has 0 N–H and O–H groups in total. The van der Waals surface area contributed by atoms with Crippen molar-refractivity contribution < 1.29 is 8.83 Å². The molecule has 11 aromatic rings. The van der Waals surface area contributed by atoms with Gasteiger partial charge in [0, 0.05) is 67.4 Å². The van der Waals surface area contributed by atoms with Crippen LogP contribution in [0.5, 0.6) is 0 Å². The standard InChI is InChI=1S/C54H37N3O2/c1-5-17-38(18-6-1)55(44-29-32-46-45-25-13-16-28-51(45)59-54(46)37-44)42-30-33-52-47(35-42)48-36-43(31-34-53(48)58-52)57(41-23-11-4-12-24-41)50-27-15-14-26-49(50)56(39-19-7-2-8-20-39)40-21-9-3-10-22-40/h1-37H. The quantitative estimate of drug-likeness (QED) is 0.146. The van der Waals surface area contributed by atoms with Crippen LogP contribution in [0.4, 0.5) is 51.2 Å². The zero-order chi connectivity index (χ0) is 39.1. The predicted molar refractivity (Wildman–Crippen MR) is 245 cm³/mol. The van der Waals surface area contributed by atoms with Gasteiger partial charge in [-0.1, -0.05) is 103 Å². The number of fused-ring (bicyclic) bond motifs is 6. The molecule has 280 valence electrons. The Morgan fingerprint density at radius 1 is 0.220 bits per heavy atom. The maximum Gasteiger partial charge on any atom is 0.137 e. The van der Waals surface area contributed by atoms with Gasteiger partial charge in [-0.3, -0.25) is 0 Å². The number of anilines is 9. The highest BCUT2D eigenvalue weighted by Gasteiger charge is 2.23. The van der Waals surface area contributed by atoms with Gasteiger partial charge in [0.1, 0.15) is 22.3 Å². The minimum Gasteiger partial charge on any atom is -0.456 e. The molecule has 5 heteroatoms. The minimum absolute atomic E-state index is 0.826. The van der Waals surface area contributed by atoms with Crippen molar-refractivity contribution in [2.45, 2.75) is 0 Å². The molecule has 0 aliphatic heterocycles. The third-order valence-corrected chi connectivity index (χ3v) is 11.0. The smallest absolute Gasteiger partial charge is 0.137 e.